The van der Waals surface area contributed by atoms with Gasteiger partial charge in [0, 0.05) is 50.2 Å². The van der Waals surface area contributed by atoms with Crippen molar-refractivity contribution in [3.63, 3.8) is 0 Å². The highest BCUT2D eigenvalue weighted by molar-refractivity contribution is 5.87. The maximum absolute atomic E-state index is 12.9. The van der Waals surface area contributed by atoms with Gasteiger partial charge in [-0.15, -0.1) is 0 Å². The second-order valence-corrected chi connectivity index (χ2v) is 9.93. The molecule has 0 atom stereocenters. The number of allylic oxidation sites excluding steroid dienone is 2. The van der Waals surface area contributed by atoms with E-state index in [2.05, 4.69) is 48.8 Å². The topological polar surface area (TPSA) is 26.8 Å². The predicted octanol–water partition coefficient (Wildman–Crippen LogP) is 6.50. The Morgan fingerprint density at radius 1 is 1.06 bits per heavy atom. The van der Waals surface area contributed by atoms with Crippen molar-refractivity contribution in [2.45, 2.75) is 52.4 Å². The van der Waals surface area contributed by atoms with Gasteiger partial charge in [0.1, 0.15) is 6.29 Å². The van der Waals surface area contributed by atoms with Gasteiger partial charge in [0.2, 0.25) is 0 Å². The number of carbonyl (C=O) groups excluding carboxylic acids is 1. The molecule has 36 heavy (non-hydrogen) atoms. The van der Waals surface area contributed by atoms with Crippen LogP contribution in [0.1, 0.15) is 50.3 Å². The Hall–Kier alpha value is -2.80. The molecule has 1 saturated heterocycles. The normalized spacial score (nSPS) is 15.9. The van der Waals surface area contributed by atoms with Crippen LogP contribution in [0, 0.1) is 5.92 Å². The first kappa shape index (κ1) is 27.8. The lowest BCUT2D eigenvalue weighted by Crippen LogP contribution is -2.38. The molecule has 0 aliphatic carbocycles. The van der Waals surface area contributed by atoms with Gasteiger partial charge < -0.3 is 14.7 Å². The van der Waals surface area contributed by atoms with Crippen molar-refractivity contribution >= 4 is 23.2 Å². The second kappa shape index (κ2) is 12.0. The van der Waals surface area contributed by atoms with Gasteiger partial charge in [0.15, 0.2) is 0 Å². The molecule has 4 nitrogen and oxygen atoms in total. The van der Waals surface area contributed by atoms with E-state index < -0.39 is 11.7 Å². The number of rotatable bonds is 9. The van der Waals surface area contributed by atoms with E-state index in [0.717, 1.165) is 73.3 Å². The number of nitrogens with zero attached hydrogens (tertiary/aromatic N) is 3. The summed E-state index contributed by atoms with van der Waals surface area (Å²) >= 11 is 0. The summed E-state index contributed by atoms with van der Waals surface area (Å²) in [5.74, 6) is 0.303. The van der Waals surface area contributed by atoms with Crippen molar-refractivity contribution in [3.8, 4) is 0 Å². The van der Waals surface area contributed by atoms with Gasteiger partial charge in [-0.25, -0.2) is 0 Å². The number of alkyl halides is 3. The molecule has 3 rings (SSSR count). The predicted molar refractivity (Wildman–Crippen MR) is 142 cm³/mol. The number of carbonyl (C=O) groups is 1. The van der Waals surface area contributed by atoms with Gasteiger partial charge in [-0.05, 0) is 106 Å². The zero-order valence-corrected chi connectivity index (χ0v) is 22.0. The molecule has 0 aromatic heterocycles. The number of piperidine rings is 1. The van der Waals surface area contributed by atoms with Crippen LogP contribution < -0.4 is 9.80 Å². The van der Waals surface area contributed by atoms with Crippen LogP contribution in [0.5, 0.6) is 0 Å². The zero-order valence-electron chi connectivity index (χ0n) is 22.0. The van der Waals surface area contributed by atoms with Gasteiger partial charge in [-0.1, -0.05) is 6.07 Å². The minimum Gasteiger partial charge on any atom is -0.374 e. The molecular weight excluding hydrogens is 463 g/mol. The summed E-state index contributed by atoms with van der Waals surface area (Å²) in [6, 6.07) is 12.0. The Kier molecular flexibility index (Phi) is 9.23. The highest BCUT2D eigenvalue weighted by Crippen LogP contribution is 2.38. The number of benzene rings is 2. The van der Waals surface area contributed by atoms with Gasteiger partial charge in [-0.2, -0.15) is 13.2 Å². The highest BCUT2D eigenvalue weighted by Gasteiger charge is 2.30. The van der Waals surface area contributed by atoms with Crippen LogP contribution in [0.15, 0.2) is 48.5 Å². The molecule has 0 unspecified atom stereocenters. The Bertz CT molecular complexity index is 1040. The lowest BCUT2D eigenvalue weighted by atomic mass is 9.83. The van der Waals surface area contributed by atoms with E-state index in [0.29, 0.717) is 24.2 Å². The van der Waals surface area contributed by atoms with Crippen molar-refractivity contribution in [2.24, 2.45) is 5.92 Å². The molecule has 2 aromatic carbocycles. The lowest BCUT2D eigenvalue weighted by Gasteiger charge is -2.36. The van der Waals surface area contributed by atoms with E-state index >= 15 is 0 Å². The number of likely N-dealkylation sites (tertiary alicyclic amines) is 1. The number of hydrogen-bond acceptors (Lipinski definition) is 4. The maximum Gasteiger partial charge on any atom is 0.416 e. The number of anilines is 2. The van der Waals surface area contributed by atoms with Crippen LogP contribution in [0.2, 0.25) is 0 Å². The third-order valence-corrected chi connectivity index (χ3v) is 7.26. The second-order valence-electron chi connectivity index (χ2n) is 9.93. The molecular formula is C29H38F3N3O. The van der Waals surface area contributed by atoms with Crippen molar-refractivity contribution < 1.29 is 18.0 Å². The van der Waals surface area contributed by atoms with E-state index in [4.69, 9.17) is 0 Å². The van der Waals surface area contributed by atoms with E-state index in [1.165, 1.54) is 12.1 Å². The maximum atomic E-state index is 12.9. The minimum absolute atomic E-state index is 0.303. The molecule has 196 valence electrons. The molecule has 1 aliphatic rings. The Labute approximate surface area is 213 Å². The summed E-state index contributed by atoms with van der Waals surface area (Å²) in [6.45, 7) is 9.91. The molecule has 1 heterocycles. The Morgan fingerprint density at radius 3 is 2.22 bits per heavy atom. The van der Waals surface area contributed by atoms with E-state index in [-0.39, 0.29) is 0 Å². The highest BCUT2D eigenvalue weighted by atomic mass is 19.4. The van der Waals surface area contributed by atoms with Crippen LogP contribution in [-0.4, -0.2) is 51.0 Å². The van der Waals surface area contributed by atoms with Gasteiger partial charge >= 0.3 is 6.18 Å². The fourth-order valence-electron chi connectivity index (χ4n) is 4.93. The summed E-state index contributed by atoms with van der Waals surface area (Å²) in [5.41, 5.74) is 4.32. The Morgan fingerprint density at radius 2 is 1.69 bits per heavy atom. The minimum atomic E-state index is -4.35. The molecule has 0 spiro atoms. The third-order valence-electron chi connectivity index (χ3n) is 7.26. The monoisotopic (exact) mass is 501 g/mol. The smallest absolute Gasteiger partial charge is 0.374 e. The van der Waals surface area contributed by atoms with Gasteiger partial charge in [0.25, 0.3) is 0 Å². The van der Waals surface area contributed by atoms with Gasteiger partial charge in [-0.3, -0.25) is 4.79 Å². The average Bonchev–Trinajstić information content (AvgIpc) is 2.86. The molecule has 0 saturated carbocycles. The first-order chi connectivity index (χ1) is 17.0. The third kappa shape index (κ3) is 6.69. The standard InChI is InChI=1S/C29H38F3N3O/c1-6-33(4)28-12-7-22(20-34(5)25-10-8-24(9-11-25)29(30,31)32)19-27(28)26(15-18-36)23-13-16-35(17-14-23)21(2)3/h7-12,15,18-19,21,23H,6,13-14,16-17,20H2,1-5H3/b26-15-. The van der Waals surface area contributed by atoms with Crippen LogP contribution >= 0.6 is 0 Å². The number of hydrogen-bond donors (Lipinski definition) is 0. The first-order valence-electron chi connectivity index (χ1n) is 12.7. The largest absolute Gasteiger partial charge is 0.416 e. The molecule has 1 fully saturated rings. The quantitative estimate of drug-likeness (QED) is 0.289. The fraction of sp³-hybridized carbons (Fsp3) is 0.483. The summed E-state index contributed by atoms with van der Waals surface area (Å²) in [4.78, 5) is 18.3. The SMILES string of the molecule is CCN(C)c1ccc(CN(C)c2ccc(C(F)(F)F)cc2)cc1/C(=C\C=O)C1CCN(C(C)C)CC1. The molecule has 0 radical (unpaired) electrons. The molecule has 7 heteroatoms. The van der Waals surface area contributed by atoms with E-state index in [9.17, 15) is 18.0 Å². The lowest BCUT2D eigenvalue weighted by molar-refractivity contribution is -0.137. The van der Waals surface area contributed by atoms with Gasteiger partial charge in [0.05, 0.1) is 5.56 Å². The number of aldehydes is 1. The molecule has 0 bridgehead atoms. The molecule has 2 aromatic rings. The summed E-state index contributed by atoms with van der Waals surface area (Å²) in [5, 5.41) is 0. The Balaban J connectivity index is 1.90. The number of halogens is 3. The van der Waals surface area contributed by atoms with Crippen molar-refractivity contribution in [3.05, 3.63) is 65.2 Å². The summed E-state index contributed by atoms with van der Waals surface area (Å²) < 4.78 is 38.8. The molecule has 0 N–H and O–H groups in total. The molecule has 1 aliphatic heterocycles. The van der Waals surface area contributed by atoms with Crippen molar-refractivity contribution in [2.75, 3.05) is 43.5 Å². The van der Waals surface area contributed by atoms with Crippen LogP contribution in [0.3, 0.4) is 0 Å². The van der Waals surface area contributed by atoms with Crippen LogP contribution in [0.4, 0.5) is 24.5 Å². The fourth-order valence-corrected chi connectivity index (χ4v) is 4.93. The first-order valence-corrected chi connectivity index (χ1v) is 12.7. The zero-order chi connectivity index (χ0) is 26.5. The van der Waals surface area contributed by atoms with Crippen molar-refractivity contribution in [1.82, 2.24) is 4.90 Å². The van der Waals surface area contributed by atoms with E-state index in [1.54, 1.807) is 6.08 Å². The van der Waals surface area contributed by atoms with Crippen LogP contribution in [0.25, 0.3) is 5.57 Å². The van der Waals surface area contributed by atoms with E-state index in [1.807, 2.05) is 19.0 Å². The van der Waals surface area contributed by atoms with Crippen LogP contribution in [-0.2, 0) is 17.5 Å². The molecule has 0 amide bonds. The summed E-state index contributed by atoms with van der Waals surface area (Å²) in [7, 11) is 3.92. The average molecular weight is 502 g/mol. The summed E-state index contributed by atoms with van der Waals surface area (Å²) in [6.07, 6.45) is 0.272. The van der Waals surface area contributed by atoms with Crippen molar-refractivity contribution in [1.29, 1.82) is 0 Å².